The van der Waals surface area contributed by atoms with Gasteiger partial charge in [0.15, 0.2) is 0 Å². The van der Waals surface area contributed by atoms with Gasteiger partial charge >= 0.3 is 0 Å². The molecule has 1 aromatic heterocycles. The third kappa shape index (κ3) is 2.49. The first-order valence-electron chi connectivity index (χ1n) is 6.89. The van der Waals surface area contributed by atoms with Crippen LogP contribution in [-0.4, -0.2) is 17.3 Å². The number of hydrogen-bond donors (Lipinski definition) is 0. The number of nitrogens with zero attached hydrogens (tertiary/aromatic N) is 2. The Morgan fingerprint density at radius 1 is 1.00 bits per heavy atom. The minimum Gasteiger partial charge on any atom is -0.258 e. The molecular formula is C16H14N2O4S. The maximum absolute atomic E-state index is 12.9. The number of nitro benzene ring substituents is 1. The van der Waals surface area contributed by atoms with Crippen molar-refractivity contribution in [3.8, 4) is 0 Å². The van der Waals surface area contributed by atoms with E-state index in [0.29, 0.717) is 16.6 Å². The molecule has 0 atom stereocenters. The SMILES string of the molecule is Cc1ccc(S(=O)(=O)n2c(C)cc3cc([N+](=O)[O-])ccc32)cc1. The molecule has 23 heavy (non-hydrogen) atoms. The van der Waals surface area contributed by atoms with Crippen molar-refractivity contribution < 1.29 is 13.3 Å². The molecule has 0 aliphatic rings. The van der Waals surface area contributed by atoms with Crippen molar-refractivity contribution in [1.29, 1.82) is 0 Å². The van der Waals surface area contributed by atoms with Crippen LogP contribution in [0.15, 0.2) is 53.4 Å². The molecule has 0 bridgehead atoms. The van der Waals surface area contributed by atoms with E-state index in [4.69, 9.17) is 0 Å². The Labute approximate surface area is 133 Å². The van der Waals surface area contributed by atoms with Crippen molar-refractivity contribution in [2.45, 2.75) is 18.7 Å². The molecule has 0 saturated heterocycles. The first kappa shape index (κ1) is 15.2. The van der Waals surface area contributed by atoms with Gasteiger partial charge in [0.25, 0.3) is 15.7 Å². The predicted octanol–water partition coefficient (Wildman–Crippen LogP) is 3.40. The Bertz CT molecular complexity index is 1020. The third-order valence-electron chi connectivity index (χ3n) is 3.68. The van der Waals surface area contributed by atoms with E-state index in [1.807, 2.05) is 6.92 Å². The maximum atomic E-state index is 12.9. The van der Waals surface area contributed by atoms with Crippen LogP contribution in [0.5, 0.6) is 0 Å². The average Bonchev–Trinajstić information content (AvgIpc) is 2.83. The first-order chi connectivity index (χ1) is 10.8. The Balaban J connectivity index is 2.25. The molecule has 0 radical (unpaired) electrons. The highest BCUT2D eigenvalue weighted by Gasteiger charge is 2.22. The number of fused-ring (bicyclic) bond motifs is 1. The second kappa shape index (κ2) is 5.20. The van der Waals surface area contributed by atoms with Gasteiger partial charge in [-0.05, 0) is 38.1 Å². The zero-order valence-corrected chi connectivity index (χ0v) is 13.4. The molecule has 0 amide bonds. The zero-order valence-electron chi connectivity index (χ0n) is 12.6. The van der Waals surface area contributed by atoms with Gasteiger partial charge in [0.2, 0.25) is 0 Å². The summed E-state index contributed by atoms with van der Waals surface area (Å²) < 4.78 is 27.0. The summed E-state index contributed by atoms with van der Waals surface area (Å²) >= 11 is 0. The molecule has 0 N–H and O–H groups in total. The van der Waals surface area contributed by atoms with Crippen molar-refractivity contribution in [2.24, 2.45) is 0 Å². The molecule has 3 aromatic rings. The van der Waals surface area contributed by atoms with Crippen molar-refractivity contribution >= 4 is 26.6 Å². The molecule has 0 fully saturated rings. The summed E-state index contributed by atoms with van der Waals surface area (Å²) in [6.07, 6.45) is 0. The largest absolute Gasteiger partial charge is 0.270 e. The molecule has 6 nitrogen and oxygen atoms in total. The van der Waals surface area contributed by atoms with E-state index in [9.17, 15) is 18.5 Å². The van der Waals surface area contributed by atoms with Crippen LogP contribution in [0.4, 0.5) is 5.69 Å². The lowest BCUT2D eigenvalue weighted by atomic mass is 10.2. The van der Waals surface area contributed by atoms with E-state index in [2.05, 4.69) is 0 Å². The van der Waals surface area contributed by atoms with Gasteiger partial charge in [-0.3, -0.25) is 10.1 Å². The van der Waals surface area contributed by atoms with Gasteiger partial charge in [-0.2, -0.15) is 0 Å². The smallest absolute Gasteiger partial charge is 0.258 e. The fourth-order valence-corrected chi connectivity index (χ4v) is 4.11. The fourth-order valence-electron chi connectivity index (χ4n) is 2.56. The number of rotatable bonds is 3. The Kier molecular flexibility index (Phi) is 3.45. The maximum Gasteiger partial charge on any atom is 0.270 e. The topological polar surface area (TPSA) is 82.2 Å². The van der Waals surface area contributed by atoms with Crippen LogP contribution in [0.3, 0.4) is 0 Å². The van der Waals surface area contributed by atoms with Crippen molar-refractivity contribution in [3.05, 3.63) is 69.9 Å². The Morgan fingerprint density at radius 2 is 1.65 bits per heavy atom. The van der Waals surface area contributed by atoms with Gasteiger partial charge in [0, 0.05) is 23.2 Å². The zero-order chi connectivity index (χ0) is 16.8. The Morgan fingerprint density at radius 3 is 2.26 bits per heavy atom. The lowest BCUT2D eigenvalue weighted by molar-refractivity contribution is -0.384. The molecule has 7 heteroatoms. The highest BCUT2D eigenvalue weighted by atomic mass is 32.2. The summed E-state index contributed by atoms with van der Waals surface area (Å²) in [7, 11) is -3.76. The summed E-state index contributed by atoms with van der Waals surface area (Å²) in [6.45, 7) is 3.55. The van der Waals surface area contributed by atoms with Gasteiger partial charge in [0.05, 0.1) is 15.3 Å². The van der Waals surface area contributed by atoms with Crippen LogP contribution >= 0.6 is 0 Å². The van der Waals surface area contributed by atoms with Crippen molar-refractivity contribution in [3.63, 3.8) is 0 Å². The van der Waals surface area contributed by atoms with E-state index in [1.165, 1.54) is 22.2 Å². The summed E-state index contributed by atoms with van der Waals surface area (Å²) in [4.78, 5) is 10.6. The average molecular weight is 330 g/mol. The lowest BCUT2D eigenvalue weighted by Gasteiger charge is -2.10. The van der Waals surface area contributed by atoms with Crippen LogP contribution in [0.25, 0.3) is 10.9 Å². The molecule has 0 aliphatic heterocycles. The van der Waals surface area contributed by atoms with E-state index >= 15 is 0 Å². The molecule has 3 rings (SSSR count). The molecule has 0 aliphatic carbocycles. The molecule has 2 aromatic carbocycles. The number of hydrogen-bond acceptors (Lipinski definition) is 4. The highest BCUT2D eigenvalue weighted by molar-refractivity contribution is 7.90. The number of benzene rings is 2. The highest BCUT2D eigenvalue weighted by Crippen LogP contribution is 2.28. The molecule has 118 valence electrons. The summed E-state index contributed by atoms with van der Waals surface area (Å²) in [5.74, 6) is 0. The van der Waals surface area contributed by atoms with Crippen LogP contribution in [0.2, 0.25) is 0 Å². The summed E-state index contributed by atoms with van der Waals surface area (Å²) in [6, 6.07) is 12.4. The predicted molar refractivity (Wildman–Crippen MR) is 87.1 cm³/mol. The number of non-ortho nitro benzene ring substituents is 1. The van der Waals surface area contributed by atoms with Gasteiger partial charge in [-0.15, -0.1) is 0 Å². The molecule has 0 saturated carbocycles. The van der Waals surface area contributed by atoms with E-state index in [1.54, 1.807) is 37.3 Å². The van der Waals surface area contributed by atoms with Crippen LogP contribution in [0.1, 0.15) is 11.3 Å². The molecular weight excluding hydrogens is 316 g/mol. The van der Waals surface area contributed by atoms with E-state index in [-0.39, 0.29) is 10.6 Å². The van der Waals surface area contributed by atoms with Crippen LogP contribution in [0, 0.1) is 24.0 Å². The van der Waals surface area contributed by atoms with E-state index in [0.717, 1.165) is 5.56 Å². The fraction of sp³-hybridized carbons (Fsp3) is 0.125. The number of aromatic nitrogens is 1. The monoisotopic (exact) mass is 330 g/mol. The molecule has 0 spiro atoms. The van der Waals surface area contributed by atoms with Gasteiger partial charge in [0.1, 0.15) is 0 Å². The van der Waals surface area contributed by atoms with Gasteiger partial charge in [-0.1, -0.05) is 17.7 Å². The third-order valence-corrected chi connectivity index (χ3v) is 5.52. The minimum absolute atomic E-state index is 0.0672. The summed E-state index contributed by atoms with van der Waals surface area (Å²) in [5.41, 5.74) is 1.82. The van der Waals surface area contributed by atoms with Gasteiger partial charge in [-0.25, -0.2) is 12.4 Å². The first-order valence-corrected chi connectivity index (χ1v) is 8.33. The second-order valence-electron chi connectivity index (χ2n) is 5.37. The molecule has 0 unspecified atom stereocenters. The van der Waals surface area contributed by atoms with Crippen LogP contribution in [-0.2, 0) is 10.0 Å². The minimum atomic E-state index is -3.76. The van der Waals surface area contributed by atoms with Crippen molar-refractivity contribution in [2.75, 3.05) is 0 Å². The Hall–Kier alpha value is -2.67. The normalized spacial score (nSPS) is 11.7. The molecule has 1 heterocycles. The number of nitro groups is 1. The van der Waals surface area contributed by atoms with Crippen LogP contribution < -0.4 is 0 Å². The summed E-state index contributed by atoms with van der Waals surface area (Å²) in [5, 5.41) is 11.4. The van der Waals surface area contributed by atoms with Gasteiger partial charge < -0.3 is 0 Å². The van der Waals surface area contributed by atoms with E-state index < -0.39 is 14.9 Å². The quantitative estimate of drug-likeness (QED) is 0.544. The number of aryl methyl sites for hydroxylation is 2. The second-order valence-corrected chi connectivity index (χ2v) is 7.16. The van der Waals surface area contributed by atoms with Crippen molar-refractivity contribution in [1.82, 2.24) is 3.97 Å². The standard InChI is InChI=1S/C16H14N2O4S/c1-11-3-6-15(7-4-11)23(21,22)17-12(2)9-13-10-14(18(19)20)5-8-16(13)17/h3-10H,1-2H3. The lowest BCUT2D eigenvalue weighted by Crippen LogP contribution is -2.14.